The minimum Gasteiger partial charge on any atom is -0.398 e. The number of hydrogen-bond donors (Lipinski definition) is 3. The molecule has 4 aromatic rings. The van der Waals surface area contributed by atoms with Crippen LogP contribution in [0, 0.1) is 0 Å². The molecule has 0 saturated heterocycles. The van der Waals surface area contributed by atoms with Crippen LogP contribution in [0.5, 0.6) is 0 Å². The molecule has 0 spiro atoms. The second-order valence-electron chi connectivity index (χ2n) is 5.76. The Labute approximate surface area is 139 Å². The van der Waals surface area contributed by atoms with Gasteiger partial charge in [-0.3, -0.25) is 4.98 Å². The summed E-state index contributed by atoms with van der Waals surface area (Å²) in [7, 11) is 0. The number of aromatic nitrogens is 2. The van der Waals surface area contributed by atoms with E-state index in [0.29, 0.717) is 5.82 Å². The maximum Gasteiger partial charge on any atom is 0.140 e. The van der Waals surface area contributed by atoms with Crippen molar-refractivity contribution in [3.05, 3.63) is 71.9 Å². The van der Waals surface area contributed by atoms with E-state index < -0.39 is 0 Å². The van der Waals surface area contributed by atoms with Crippen LogP contribution in [0.15, 0.2) is 60.7 Å². The highest BCUT2D eigenvalue weighted by Gasteiger charge is 2.05. The molecule has 0 saturated carbocycles. The number of anilines is 2. The van der Waals surface area contributed by atoms with Crippen LogP contribution in [0.25, 0.3) is 21.8 Å². The third-order valence-corrected chi connectivity index (χ3v) is 4.09. The van der Waals surface area contributed by atoms with E-state index in [-0.39, 0.29) is 0 Å². The quantitative estimate of drug-likeness (QED) is 0.399. The fraction of sp³-hybridized carbons (Fsp3) is 0.0526. The lowest BCUT2D eigenvalue weighted by atomic mass is 10.0. The van der Waals surface area contributed by atoms with Crippen LogP contribution in [0.3, 0.4) is 0 Å². The molecule has 5 heteroatoms. The first kappa shape index (κ1) is 14.4. The van der Waals surface area contributed by atoms with Crippen LogP contribution in [0.2, 0.25) is 0 Å². The maximum atomic E-state index is 6.16. The molecule has 2 aromatic carbocycles. The van der Waals surface area contributed by atoms with Crippen LogP contribution in [0.1, 0.15) is 11.3 Å². The first-order valence-electron chi connectivity index (χ1n) is 7.73. The first-order valence-corrected chi connectivity index (χ1v) is 7.73. The molecule has 0 radical (unpaired) electrons. The van der Waals surface area contributed by atoms with E-state index in [1.165, 1.54) is 5.56 Å². The molecule has 0 aliphatic rings. The third kappa shape index (κ3) is 2.61. The summed E-state index contributed by atoms with van der Waals surface area (Å²) in [4.78, 5) is 9.14. The highest BCUT2D eigenvalue weighted by molar-refractivity contribution is 5.90. The second-order valence-corrected chi connectivity index (χ2v) is 5.76. The van der Waals surface area contributed by atoms with Gasteiger partial charge in [-0.05, 0) is 42.0 Å². The molecular weight excluding hydrogens is 298 g/mol. The third-order valence-electron chi connectivity index (χ3n) is 4.09. The zero-order chi connectivity index (χ0) is 16.5. The Morgan fingerprint density at radius 2 is 1.75 bits per heavy atom. The lowest BCUT2D eigenvalue weighted by molar-refractivity contribution is 1.10. The van der Waals surface area contributed by atoms with E-state index in [1.54, 1.807) is 0 Å². The average Bonchev–Trinajstić information content (AvgIpc) is 2.61. The van der Waals surface area contributed by atoms with E-state index in [4.69, 9.17) is 16.6 Å². The molecule has 0 aliphatic carbocycles. The van der Waals surface area contributed by atoms with Gasteiger partial charge in [0.2, 0.25) is 0 Å². The minimum atomic E-state index is 0.652. The van der Waals surface area contributed by atoms with Crippen molar-refractivity contribution >= 4 is 33.3 Å². The molecule has 118 valence electrons. The molecule has 5 N–H and O–H groups in total. The Kier molecular flexibility index (Phi) is 3.48. The van der Waals surface area contributed by atoms with Crippen molar-refractivity contribution in [2.45, 2.75) is 6.42 Å². The number of pyridine rings is 2. The molecule has 0 bridgehead atoms. The summed E-state index contributed by atoms with van der Waals surface area (Å²) in [5.41, 5.74) is 13.4. The molecule has 0 unspecified atom stereocenters. The number of benzene rings is 2. The van der Waals surface area contributed by atoms with Gasteiger partial charge >= 0.3 is 0 Å². The van der Waals surface area contributed by atoms with Crippen molar-refractivity contribution in [1.29, 1.82) is 0 Å². The van der Waals surface area contributed by atoms with Crippen molar-refractivity contribution in [1.82, 2.24) is 9.97 Å². The summed E-state index contributed by atoms with van der Waals surface area (Å²) in [5, 5.41) is 2.06. The normalized spacial score (nSPS) is 11.0. The maximum absolute atomic E-state index is 6.16. The number of hydrogen-bond acceptors (Lipinski definition) is 5. The minimum absolute atomic E-state index is 0.652. The van der Waals surface area contributed by atoms with Gasteiger partial charge in [-0.25, -0.2) is 10.8 Å². The van der Waals surface area contributed by atoms with E-state index >= 15 is 0 Å². The van der Waals surface area contributed by atoms with Gasteiger partial charge in [0.05, 0.1) is 11.0 Å². The fourth-order valence-electron chi connectivity index (χ4n) is 2.92. The molecule has 5 nitrogen and oxygen atoms in total. The number of para-hydroxylation sites is 1. The van der Waals surface area contributed by atoms with Crippen LogP contribution in [-0.4, -0.2) is 9.97 Å². The summed E-state index contributed by atoms with van der Waals surface area (Å²) in [6, 6.07) is 19.9. The first-order chi connectivity index (χ1) is 11.7. The molecule has 0 atom stereocenters. The smallest absolute Gasteiger partial charge is 0.140 e. The molecule has 0 fully saturated rings. The lowest BCUT2D eigenvalue weighted by Crippen LogP contribution is -2.08. The van der Waals surface area contributed by atoms with Crippen LogP contribution in [0.4, 0.5) is 11.5 Å². The van der Waals surface area contributed by atoms with Gasteiger partial charge < -0.3 is 11.2 Å². The van der Waals surface area contributed by atoms with Gasteiger partial charge in [-0.15, -0.1) is 0 Å². The van der Waals surface area contributed by atoms with Gasteiger partial charge in [-0.1, -0.05) is 24.3 Å². The van der Waals surface area contributed by atoms with Gasteiger partial charge in [-0.2, -0.15) is 0 Å². The Morgan fingerprint density at radius 3 is 2.62 bits per heavy atom. The molecule has 24 heavy (non-hydrogen) atoms. The number of nitrogens with two attached hydrogens (primary N) is 2. The zero-order valence-corrected chi connectivity index (χ0v) is 13.0. The number of nitrogens with one attached hydrogen (secondary N) is 1. The monoisotopic (exact) mass is 315 g/mol. The van der Waals surface area contributed by atoms with E-state index in [0.717, 1.165) is 39.6 Å². The fourth-order valence-corrected chi connectivity index (χ4v) is 2.92. The Bertz CT molecular complexity index is 1040. The standard InChI is InChI=1S/C19H17N5/c20-16-11-14(22-18-4-2-1-3-15(16)18)10-12-5-7-17-13(9-12)6-8-19(23-17)24-21/h1-9,11H,10,21H2,(H2,20,22)(H,23,24). The van der Waals surface area contributed by atoms with Crippen LogP contribution >= 0.6 is 0 Å². The summed E-state index contributed by atoms with van der Waals surface area (Å²) in [6.07, 6.45) is 0.724. The molecule has 2 heterocycles. The SMILES string of the molecule is NNc1ccc2cc(Cc3cc(N)c4ccccc4n3)ccc2n1. The van der Waals surface area contributed by atoms with Crippen molar-refractivity contribution in [3.63, 3.8) is 0 Å². The topological polar surface area (TPSA) is 89.8 Å². The van der Waals surface area contributed by atoms with E-state index in [2.05, 4.69) is 22.5 Å². The summed E-state index contributed by atoms with van der Waals surface area (Å²) in [6.45, 7) is 0. The van der Waals surface area contributed by atoms with Crippen molar-refractivity contribution < 1.29 is 0 Å². The van der Waals surface area contributed by atoms with E-state index in [9.17, 15) is 0 Å². The number of hydrazine groups is 1. The van der Waals surface area contributed by atoms with Crippen molar-refractivity contribution in [2.75, 3.05) is 11.2 Å². The van der Waals surface area contributed by atoms with Crippen LogP contribution < -0.4 is 17.0 Å². The predicted molar refractivity (Wildman–Crippen MR) is 98.5 cm³/mol. The number of fused-ring (bicyclic) bond motifs is 2. The van der Waals surface area contributed by atoms with Gasteiger partial charge in [0.15, 0.2) is 0 Å². The number of rotatable bonds is 3. The summed E-state index contributed by atoms with van der Waals surface area (Å²) >= 11 is 0. The molecule has 0 aliphatic heterocycles. The highest BCUT2D eigenvalue weighted by atomic mass is 15.2. The van der Waals surface area contributed by atoms with E-state index in [1.807, 2.05) is 48.5 Å². The lowest BCUT2D eigenvalue weighted by Gasteiger charge is -2.08. The predicted octanol–water partition coefficient (Wildman–Crippen LogP) is 3.24. The summed E-state index contributed by atoms with van der Waals surface area (Å²) in [5.74, 6) is 6.05. The molecule has 4 rings (SSSR count). The second kappa shape index (κ2) is 5.79. The van der Waals surface area contributed by atoms with Crippen molar-refractivity contribution in [2.24, 2.45) is 5.84 Å². The molecule has 0 amide bonds. The molecule has 2 aromatic heterocycles. The Morgan fingerprint density at radius 1 is 0.875 bits per heavy atom. The van der Waals surface area contributed by atoms with Crippen molar-refractivity contribution in [3.8, 4) is 0 Å². The largest absolute Gasteiger partial charge is 0.398 e. The Hall–Kier alpha value is -3.18. The van der Waals surface area contributed by atoms with Gasteiger partial charge in [0.1, 0.15) is 5.82 Å². The van der Waals surface area contributed by atoms with Gasteiger partial charge in [0, 0.05) is 28.6 Å². The average molecular weight is 315 g/mol. The number of nitrogens with zero attached hydrogens (tertiary/aromatic N) is 2. The Balaban J connectivity index is 1.71. The van der Waals surface area contributed by atoms with Crippen LogP contribution in [-0.2, 0) is 6.42 Å². The summed E-state index contributed by atoms with van der Waals surface area (Å²) < 4.78 is 0. The number of nitrogen functional groups attached to an aromatic ring is 2. The molecular formula is C19H17N5. The highest BCUT2D eigenvalue weighted by Crippen LogP contribution is 2.23. The zero-order valence-electron chi connectivity index (χ0n) is 13.0. The van der Waals surface area contributed by atoms with Gasteiger partial charge in [0.25, 0.3) is 0 Å².